The monoisotopic (exact) mass is 279 g/mol. The molecule has 0 fully saturated rings. The largest absolute Gasteiger partial charge is 0.322 e. The van der Waals surface area contributed by atoms with E-state index in [0.717, 1.165) is 10.9 Å². The molecule has 4 heteroatoms. The van der Waals surface area contributed by atoms with Crippen molar-refractivity contribution in [1.29, 1.82) is 0 Å². The van der Waals surface area contributed by atoms with E-state index in [-0.39, 0.29) is 11.6 Å². The Bertz CT molecular complexity index is 821. The van der Waals surface area contributed by atoms with Gasteiger partial charge in [0, 0.05) is 11.4 Å². The molecule has 0 aliphatic rings. The van der Waals surface area contributed by atoms with Crippen molar-refractivity contribution in [2.75, 3.05) is 0 Å². The molecule has 4 nitrogen and oxygen atoms in total. The Balaban J connectivity index is 1.93. The van der Waals surface area contributed by atoms with E-state index in [4.69, 9.17) is 5.73 Å². The molecule has 0 saturated carbocycles. The van der Waals surface area contributed by atoms with Crippen molar-refractivity contribution in [2.45, 2.75) is 19.5 Å². The molecule has 106 valence electrons. The Morgan fingerprint density at radius 3 is 2.62 bits per heavy atom. The van der Waals surface area contributed by atoms with E-state index in [2.05, 4.69) is 5.10 Å². The highest BCUT2D eigenvalue weighted by Crippen LogP contribution is 2.13. The van der Waals surface area contributed by atoms with E-state index in [1.54, 1.807) is 6.20 Å². The van der Waals surface area contributed by atoms with Gasteiger partial charge in [-0.15, -0.1) is 0 Å². The molecule has 1 unspecified atom stereocenters. The van der Waals surface area contributed by atoms with Gasteiger partial charge in [-0.25, -0.2) is 4.68 Å². The first-order valence-corrected chi connectivity index (χ1v) is 6.92. The smallest absolute Gasteiger partial charge is 0.274 e. The van der Waals surface area contributed by atoms with Crippen molar-refractivity contribution in [2.24, 2.45) is 5.73 Å². The SMILES string of the molecule is Cc1ccc(C(N)Cn2ncc3ccccc3c2=O)cc1. The zero-order chi connectivity index (χ0) is 14.8. The van der Waals surface area contributed by atoms with Gasteiger partial charge in [-0.05, 0) is 18.6 Å². The topological polar surface area (TPSA) is 60.9 Å². The molecule has 3 rings (SSSR count). The number of aryl methyl sites for hydroxylation is 1. The second-order valence-electron chi connectivity index (χ2n) is 5.24. The van der Waals surface area contributed by atoms with Gasteiger partial charge in [0.05, 0.1) is 18.1 Å². The number of aromatic nitrogens is 2. The lowest BCUT2D eigenvalue weighted by atomic mass is 10.1. The quantitative estimate of drug-likeness (QED) is 0.801. The van der Waals surface area contributed by atoms with Gasteiger partial charge in [0.1, 0.15) is 0 Å². The summed E-state index contributed by atoms with van der Waals surface area (Å²) in [7, 11) is 0. The van der Waals surface area contributed by atoms with Crippen molar-refractivity contribution in [3.8, 4) is 0 Å². The van der Waals surface area contributed by atoms with Crippen LogP contribution in [0.5, 0.6) is 0 Å². The fourth-order valence-corrected chi connectivity index (χ4v) is 2.36. The Morgan fingerprint density at radius 2 is 1.86 bits per heavy atom. The van der Waals surface area contributed by atoms with Crippen molar-refractivity contribution < 1.29 is 0 Å². The van der Waals surface area contributed by atoms with E-state index in [1.165, 1.54) is 10.2 Å². The van der Waals surface area contributed by atoms with Crippen LogP contribution >= 0.6 is 0 Å². The van der Waals surface area contributed by atoms with Gasteiger partial charge < -0.3 is 5.73 Å². The highest BCUT2D eigenvalue weighted by Gasteiger charge is 2.10. The summed E-state index contributed by atoms with van der Waals surface area (Å²) in [5.74, 6) is 0. The molecular formula is C17H17N3O. The Kier molecular flexibility index (Phi) is 3.54. The fourth-order valence-electron chi connectivity index (χ4n) is 2.36. The molecule has 1 atom stereocenters. The number of nitrogens with two attached hydrogens (primary N) is 1. The van der Waals surface area contributed by atoms with E-state index in [1.807, 2.05) is 55.5 Å². The second-order valence-corrected chi connectivity index (χ2v) is 5.24. The fraction of sp³-hybridized carbons (Fsp3) is 0.176. The highest BCUT2D eigenvalue weighted by molar-refractivity contribution is 5.80. The van der Waals surface area contributed by atoms with Crippen LogP contribution in [0.25, 0.3) is 10.8 Å². The molecule has 1 aromatic heterocycles. The predicted octanol–water partition coefficient (Wildman–Crippen LogP) is 2.40. The van der Waals surface area contributed by atoms with Crippen LogP contribution in [0.2, 0.25) is 0 Å². The summed E-state index contributed by atoms with van der Waals surface area (Å²) in [5.41, 5.74) is 8.28. The molecule has 0 aliphatic heterocycles. The van der Waals surface area contributed by atoms with Crippen molar-refractivity contribution in [1.82, 2.24) is 9.78 Å². The molecule has 1 heterocycles. The Morgan fingerprint density at radius 1 is 1.14 bits per heavy atom. The van der Waals surface area contributed by atoms with Gasteiger partial charge in [-0.1, -0.05) is 48.0 Å². The number of fused-ring (bicyclic) bond motifs is 1. The summed E-state index contributed by atoms with van der Waals surface area (Å²) in [4.78, 5) is 12.4. The van der Waals surface area contributed by atoms with Crippen LogP contribution in [0.1, 0.15) is 17.2 Å². The second kappa shape index (κ2) is 5.50. The van der Waals surface area contributed by atoms with Gasteiger partial charge in [0.15, 0.2) is 0 Å². The summed E-state index contributed by atoms with van der Waals surface area (Å²) in [6.07, 6.45) is 1.71. The van der Waals surface area contributed by atoms with Crippen molar-refractivity contribution in [3.63, 3.8) is 0 Å². The number of benzene rings is 2. The van der Waals surface area contributed by atoms with Crippen LogP contribution in [0, 0.1) is 6.92 Å². The average Bonchev–Trinajstić information content (AvgIpc) is 2.51. The number of hydrogen-bond donors (Lipinski definition) is 1. The first kappa shape index (κ1) is 13.5. The zero-order valence-electron chi connectivity index (χ0n) is 11.9. The summed E-state index contributed by atoms with van der Waals surface area (Å²) in [6.45, 7) is 2.40. The first-order chi connectivity index (χ1) is 10.1. The zero-order valence-corrected chi connectivity index (χ0v) is 11.9. The molecule has 0 amide bonds. The van der Waals surface area contributed by atoms with Gasteiger partial charge in [-0.2, -0.15) is 5.10 Å². The molecule has 0 radical (unpaired) electrons. The summed E-state index contributed by atoms with van der Waals surface area (Å²) in [6, 6.07) is 15.2. The molecule has 0 spiro atoms. The van der Waals surface area contributed by atoms with Gasteiger partial charge in [0.2, 0.25) is 0 Å². The normalized spacial score (nSPS) is 12.5. The summed E-state index contributed by atoms with van der Waals surface area (Å²) >= 11 is 0. The van der Waals surface area contributed by atoms with E-state index in [9.17, 15) is 4.79 Å². The van der Waals surface area contributed by atoms with Crippen LogP contribution in [0.15, 0.2) is 59.5 Å². The van der Waals surface area contributed by atoms with E-state index >= 15 is 0 Å². The average molecular weight is 279 g/mol. The third-order valence-electron chi connectivity index (χ3n) is 3.64. The lowest BCUT2D eigenvalue weighted by Gasteiger charge is -2.13. The van der Waals surface area contributed by atoms with Crippen LogP contribution in [-0.4, -0.2) is 9.78 Å². The third-order valence-corrected chi connectivity index (χ3v) is 3.64. The molecule has 0 aliphatic carbocycles. The maximum absolute atomic E-state index is 12.4. The minimum Gasteiger partial charge on any atom is -0.322 e. The van der Waals surface area contributed by atoms with Crippen LogP contribution < -0.4 is 11.3 Å². The van der Waals surface area contributed by atoms with Crippen molar-refractivity contribution >= 4 is 10.8 Å². The molecule has 0 saturated heterocycles. The molecule has 21 heavy (non-hydrogen) atoms. The third kappa shape index (κ3) is 2.71. The molecular weight excluding hydrogens is 262 g/mol. The van der Waals surface area contributed by atoms with Gasteiger partial charge >= 0.3 is 0 Å². The molecule has 0 bridgehead atoms. The summed E-state index contributed by atoms with van der Waals surface area (Å²) < 4.78 is 1.44. The van der Waals surface area contributed by atoms with Crippen LogP contribution in [0.4, 0.5) is 0 Å². The van der Waals surface area contributed by atoms with Crippen LogP contribution in [-0.2, 0) is 6.54 Å². The number of nitrogens with zero attached hydrogens (tertiary/aromatic N) is 2. The minimum absolute atomic E-state index is 0.101. The summed E-state index contributed by atoms with van der Waals surface area (Å²) in [5, 5.41) is 5.73. The van der Waals surface area contributed by atoms with Crippen LogP contribution in [0.3, 0.4) is 0 Å². The molecule has 2 N–H and O–H groups in total. The lowest BCUT2D eigenvalue weighted by Crippen LogP contribution is -2.28. The Labute approximate surface area is 122 Å². The lowest BCUT2D eigenvalue weighted by molar-refractivity contribution is 0.508. The van der Waals surface area contributed by atoms with Gasteiger partial charge in [0.25, 0.3) is 5.56 Å². The first-order valence-electron chi connectivity index (χ1n) is 6.92. The highest BCUT2D eigenvalue weighted by atomic mass is 16.1. The Hall–Kier alpha value is -2.46. The van der Waals surface area contributed by atoms with E-state index < -0.39 is 0 Å². The minimum atomic E-state index is -0.253. The maximum atomic E-state index is 12.4. The maximum Gasteiger partial charge on any atom is 0.274 e. The van der Waals surface area contributed by atoms with Gasteiger partial charge in [-0.3, -0.25) is 4.79 Å². The molecule has 3 aromatic rings. The molecule has 2 aromatic carbocycles. The van der Waals surface area contributed by atoms with Crippen molar-refractivity contribution in [3.05, 3.63) is 76.2 Å². The predicted molar refractivity (Wildman–Crippen MR) is 84.1 cm³/mol. The van der Waals surface area contributed by atoms with E-state index in [0.29, 0.717) is 11.9 Å². The number of rotatable bonds is 3. The standard InChI is InChI=1S/C17H17N3O/c1-12-6-8-13(9-7-12)16(18)11-20-17(21)15-5-3-2-4-14(15)10-19-20/h2-10,16H,11,18H2,1H3. The number of hydrogen-bond acceptors (Lipinski definition) is 3.